The zero-order chi connectivity index (χ0) is 31.6. The molecule has 0 unspecified atom stereocenters. The largest absolute Gasteiger partial charge is 0.494 e. The quantitative estimate of drug-likeness (QED) is 0.183. The molecule has 6 rings (SSSR count). The molecule has 1 atom stereocenters. The average molecular weight is 622 g/mol. The lowest BCUT2D eigenvalue weighted by molar-refractivity contribution is 0.0968. The van der Waals surface area contributed by atoms with E-state index in [2.05, 4.69) is 9.62 Å². The molecule has 0 aliphatic carbocycles. The van der Waals surface area contributed by atoms with E-state index in [1.807, 2.05) is 68.4 Å². The van der Waals surface area contributed by atoms with E-state index in [4.69, 9.17) is 4.74 Å². The average Bonchev–Trinajstić information content (AvgIpc) is 3.04. The first-order valence-corrected chi connectivity index (χ1v) is 16.1. The molecule has 0 bridgehead atoms. The predicted octanol–water partition coefficient (Wildman–Crippen LogP) is 7.70. The fourth-order valence-electron chi connectivity index (χ4n) is 5.50. The molecule has 1 aliphatic heterocycles. The first kappa shape index (κ1) is 29.9. The lowest BCUT2D eigenvalue weighted by atomic mass is 9.99. The molecule has 0 saturated carbocycles. The van der Waals surface area contributed by atoms with Crippen LogP contribution >= 0.6 is 0 Å². The Bertz CT molecular complexity index is 1920. The third-order valence-electron chi connectivity index (χ3n) is 7.67. The number of aryl methyl sites for hydroxylation is 1. The minimum absolute atomic E-state index is 0.0489. The van der Waals surface area contributed by atoms with E-state index in [0.717, 1.165) is 11.1 Å². The second-order valence-corrected chi connectivity index (χ2v) is 12.5. The topological polar surface area (TPSA) is 78.9 Å². The number of hydrogen-bond donors (Lipinski definition) is 1. The van der Waals surface area contributed by atoms with Crippen LogP contribution in [0.2, 0.25) is 0 Å². The third kappa shape index (κ3) is 6.25. The lowest BCUT2D eigenvalue weighted by Gasteiger charge is -2.46. The van der Waals surface area contributed by atoms with E-state index >= 15 is 0 Å². The Kier molecular flexibility index (Phi) is 8.28. The Labute approximate surface area is 262 Å². The summed E-state index contributed by atoms with van der Waals surface area (Å²) in [5.74, 6) is -0.122. The molecule has 5 aromatic carbocycles. The van der Waals surface area contributed by atoms with Gasteiger partial charge in [0.2, 0.25) is 0 Å². The van der Waals surface area contributed by atoms with Gasteiger partial charge >= 0.3 is 0 Å². The maximum atomic E-state index is 14.5. The highest BCUT2D eigenvalue weighted by molar-refractivity contribution is 7.92. The number of ether oxygens (including phenoxy) is 1. The highest BCUT2D eigenvalue weighted by Crippen LogP contribution is 2.43. The van der Waals surface area contributed by atoms with Crippen molar-refractivity contribution in [2.24, 2.45) is 0 Å². The van der Waals surface area contributed by atoms with Gasteiger partial charge in [0, 0.05) is 17.9 Å². The van der Waals surface area contributed by atoms with Gasteiger partial charge in [-0.15, -0.1) is 0 Å². The van der Waals surface area contributed by atoms with Crippen LogP contribution < -0.4 is 19.3 Å². The van der Waals surface area contributed by atoms with Crippen LogP contribution in [0.5, 0.6) is 5.75 Å². The Morgan fingerprint density at radius 3 is 2.20 bits per heavy atom. The lowest BCUT2D eigenvalue weighted by Crippen LogP contribution is -2.49. The molecule has 1 amide bonds. The predicted molar refractivity (Wildman–Crippen MR) is 175 cm³/mol. The Morgan fingerprint density at radius 2 is 1.53 bits per heavy atom. The number of anilines is 3. The number of carbonyl (C=O) groups is 1. The van der Waals surface area contributed by atoms with Crippen LogP contribution in [-0.4, -0.2) is 20.9 Å². The number of carbonyl (C=O) groups excluding carboxylic acids is 1. The van der Waals surface area contributed by atoms with Gasteiger partial charge in [-0.05, 0) is 91.7 Å². The SMILES string of the molecule is CCOc1ccc(NS(=O)(=O)c2ccc3c(c2)C(=O)N(c2ccc(C)cc2)[C@@H](c2ccc(F)cc2)N3Cc2ccccc2)cc1. The van der Waals surface area contributed by atoms with E-state index in [1.165, 1.54) is 24.3 Å². The van der Waals surface area contributed by atoms with Gasteiger partial charge in [-0.1, -0.05) is 60.2 Å². The molecular formula is C36H32FN3O4S. The summed E-state index contributed by atoms with van der Waals surface area (Å²) >= 11 is 0. The molecule has 9 heteroatoms. The minimum Gasteiger partial charge on any atom is -0.494 e. The van der Waals surface area contributed by atoms with Crippen LogP contribution in [-0.2, 0) is 16.6 Å². The summed E-state index contributed by atoms with van der Waals surface area (Å²) in [6.07, 6.45) is -0.641. The van der Waals surface area contributed by atoms with Gasteiger partial charge in [-0.25, -0.2) is 12.8 Å². The van der Waals surface area contributed by atoms with E-state index in [9.17, 15) is 17.6 Å². The molecule has 1 N–H and O–H groups in total. The summed E-state index contributed by atoms with van der Waals surface area (Å²) < 4.78 is 49.3. The van der Waals surface area contributed by atoms with Gasteiger partial charge < -0.3 is 9.64 Å². The van der Waals surface area contributed by atoms with Crippen molar-refractivity contribution < 1.29 is 22.3 Å². The number of benzene rings is 5. The number of rotatable bonds is 9. The maximum absolute atomic E-state index is 14.5. The second kappa shape index (κ2) is 12.5. The Morgan fingerprint density at radius 1 is 0.844 bits per heavy atom. The molecule has 0 aromatic heterocycles. The van der Waals surface area contributed by atoms with Crippen molar-refractivity contribution in [2.45, 2.75) is 31.5 Å². The van der Waals surface area contributed by atoms with Crippen molar-refractivity contribution in [2.75, 3.05) is 21.1 Å². The summed E-state index contributed by atoms with van der Waals surface area (Å²) in [4.78, 5) is 18.1. The van der Waals surface area contributed by atoms with Crippen molar-refractivity contribution >= 4 is 33.0 Å². The molecule has 45 heavy (non-hydrogen) atoms. The van der Waals surface area contributed by atoms with Crippen molar-refractivity contribution in [3.8, 4) is 5.75 Å². The molecule has 0 fully saturated rings. The van der Waals surface area contributed by atoms with Gasteiger partial charge in [-0.3, -0.25) is 14.4 Å². The van der Waals surface area contributed by atoms with Crippen LogP contribution in [0, 0.1) is 12.7 Å². The Hall–Kier alpha value is -5.15. The first-order valence-electron chi connectivity index (χ1n) is 14.6. The zero-order valence-corrected chi connectivity index (χ0v) is 25.7. The minimum atomic E-state index is -4.05. The highest BCUT2D eigenvalue weighted by atomic mass is 32.2. The van der Waals surface area contributed by atoms with Crippen molar-refractivity contribution in [1.82, 2.24) is 0 Å². The monoisotopic (exact) mass is 621 g/mol. The number of amides is 1. The normalized spacial score (nSPS) is 14.6. The summed E-state index contributed by atoms with van der Waals surface area (Å²) in [6.45, 7) is 4.74. The number of sulfonamides is 1. The van der Waals surface area contributed by atoms with Gasteiger partial charge in [0.1, 0.15) is 17.7 Å². The van der Waals surface area contributed by atoms with E-state index in [0.29, 0.717) is 41.5 Å². The molecule has 1 aliphatic rings. The molecule has 5 aromatic rings. The van der Waals surface area contributed by atoms with Gasteiger partial charge in [0.05, 0.1) is 22.8 Å². The van der Waals surface area contributed by atoms with Crippen molar-refractivity contribution in [1.29, 1.82) is 0 Å². The number of hydrogen-bond acceptors (Lipinski definition) is 5. The Balaban J connectivity index is 1.48. The molecular weight excluding hydrogens is 589 g/mol. The smallest absolute Gasteiger partial charge is 0.262 e. The summed E-state index contributed by atoms with van der Waals surface area (Å²) in [5.41, 5.74) is 4.52. The van der Waals surface area contributed by atoms with Crippen molar-refractivity contribution in [3.05, 3.63) is 149 Å². The molecule has 228 valence electrons. The molecule has 7 nitrogen and oxygen atoms in total. The van der Waals surface area contributed by atoms with Crippen LogP contribution in [0.25, 0.3) is 0 Å². The molecule has 0 saturated heterocycles. The van der Waals surface area contributed by atoms with Crippen LogP contribution in [0.15, 0.2) is 126 Å². The van der Waals surface area contributed by atoms with Crippen LogP contribution in [0.1, 0.15) is 40.1 Å². The van der Waals surface area contributed by atoms with E-state index in [-0.39, 0.29) is 22.2 Å². The van der Waals surface area contributed by atoms with Gasteiger partial charge in [-0.2, -0.15) is 0 Å². The van der Waals surface area contributed by atoms with Crippen LogP contribution in [0.4, 0.5) is 21.5 Å². The zero-order valence-electron chi connectivity index (χ0n) is 24.9. The number of fused-ring (bicyclic) bond motifs is 1. The molecule has 1 heterocycles. The van der Waals surface area contributed by atoms with Crippen LogP contribution in [0.3, 0.4) is 0 Å². The number of halogens is 1. The first-order chi connectivity index (χ1) is 21.7. The third-order valence-corrected chi connectivity index (χ3v) is 9.05. The number of nitrogens with one attached hydrogen (secondary N) is 1. The summed E-state index contributed by atoms with van der Waals surface area (Å²) in [7, 11) is -4.05. The molecule has 0 radical (unpaired) electrons. The summed E-state index contributed by atoms with van der Waals surface area (Å²) in [6, 6.07) is 34.7. The van der Waals surface area contributed by atoms with Gasteiger partial charge in [0.15, 0.2) is 0 Å². The number of nitrogens with zero attached hydrogens (tertiary/aromatic N) is 2. The van der Waals surface area contributed by atoms with E-state index in [1.54, 1.807) is 47.4 Å². The highest BCUT2D eigenvalue weighted by Gasteiger charge is 2.40. The maximum Gasteiger partial charge on any atom is 0.262 e. The second-order valence-electron chi connectivity index (χ2n) is 10.8. The van der Waals surface area contributed by atoms with Crippen molar-refractivity contribution in [3.63, 3.8) is 0 Å². The standard InChI is InChI=1S/C36H32FN3O4S/c1-3-44-31-19-15-29(16-20-31)38-45(42,43)32-21-22-34-33(23-32)36(41)40(30-17-9-25(2)10-18-30)35(27-11-13-28(37)14-12-27)39(34)24-26-7-5-4-6-8-26/h4-23,35,38H,3,24H2,1-2H3/t35-/m0/s1. The van der Waals surface area contributed by atoms with E-state index < -0.39 is 16.2 Å². The summed E-state index contributed by atoms with van der Waals surface area (Å²) in [5, 5.41) is 0. The molecule has 0 spiro atoms. The fraction of sp³-hybridized carbons (Fsp3) is 0.139. The van der Waals surface area contributed by atoms with Gasteiger partial charge in [0.25, 0.3) is 15.9 Å². The fourth-order valence-corrected chi connectivity index (χ4v) is 6.58.